The largest absolute Gasteiger partial charge is 0.488 e. The Morgan fingerprint density at radius 1 is 1.22 bits per heavy atom. The Balaban J connectivity index is 1.52. The Morgan fingerprint density at radius 2 is 2.06 bits per heavy atom. The number of nitrogens with zero attached hydrogens (tertiary/aromatic N) is 5. The number of benzene rings is 2. The van der Waals surface area contributed by atoms with Gasteiger partial charge in [-0.05, 0) is 23.2 Å². The molecule has 0 radical (unpaired) electrons. The Morgan fingerprint density at radius 3 is 2.88 bits per heavy atom. The maximum atomic E-state index is 11.7. The van der Waals surface area contributed by atoms with Crippen molar-refractivity contribution in [2.75, 3.05) is 11.9 Å². The van der Waals surface area contributed by atoms with Crippen molar-refractivity contribution < 1.29 is 19.6 Å². The molecular weight excluding hydrogens is 413 g/mol. The molecule has 0 saturated heterocycles. The van der Waals surface area contributed by atoms with E-state index in [4.69, 9.17) is 10.5 Å². The van der Waals surface area contributed by atoms with Gasteiger partial charge in [-0.2, -0.15) is 14.6 Å². The summed E-state index contributed by atoms with van der Waals surface area (Å²) in [4.78, 5) is 20.8. The second-order valence-corrected chi connectivity index (χ2v) is 7.27. The number of carbonyl (C=O) groups excluding carboxylic acids is 1. The number of nitrogens with two attached hydrogens (primary N) is 1. The zero-order valence-corrected chi connectivity index (χ0v) is 16.8. The molecule has 1 amide bonds. The van der Waals surface area contributed by atoms with Crippen LogP contribution in [0.25, 0.3) is 17.0 Å². The van der Waals surface area contributed by atoms with E-state index in [1.807, 2.05) is 6.07 Å². The van der Waals surface area contributed by atoms with E-state index in [2.05, 4.69) is 25.6 Å². The van der Waals surface area contributed by atoms with Gasteiger partial charge in [0.2, 0.25) is 5.88 Å². The minimum atomic E-state index is -1.54. The van der Waals surface area contributed by atoms with E-state index in [1.165, 1.54) is 4.68 Å². The molecule has 0 aliphatic carbocycles. The maximum Gasteiger partial charge on any atom is 0.488 e. The summed E-state index contributed by atoms with van der Waals surface area (Å²) in [5, 5.41) is 30.3. The third-order valence-electron chi connectivity index (χ3n) is 5.19. The van der Waals surface area contributed by atoms with Gasteiger partial charge in [0.15, 0.2) is 0 Å². The smallest absolute Gasteiger partial charge is 0.477 e. The number of hydrogen-bond acceptors (Lipinski definition) is 9. The molecule has 3 heterocycles. The van der Waals surface area contributed by atoms with E-state index in [-0.39, 0.29) is 11.5 Å². The zero-order chi connectivity index (χ0) is 22.2. The number of amides is 1. The van der Waals surface area contributed by atoms with Gasteiger partial charge in [-0.3, -0.25) is 4.79 Å². The van der Waals surface area contributed by atoms with Crippen molar-refractivity contribution in [3.05, 3.63) is 59.2 Å². The summed E-state index contributed by atoms with van der Waals surface area (Å²) in [5.74, 6) is 0.661. The molecule has 11 nitrogen and oxygen atoms in total. The van der Waals surface area contributed by atoms with Gasteiger partial charge in [0.25, 0.3) is 11.9 Å². The molecular formula is C20H18BN7O4. The number of primary amides is 1. The summed E-state index contributed by atoms with van der Waals surface area (Å²) in [6, 6.07) is 12.0. The highest BCUT2D eigenvalue weighted by atomic mass is 16.5. The lowest BCUT2D eigenvalue weighted by Gasteiger charge is -2.12. The molecule has 0 saturated carbocycles. The summed E-state index contributed by atoms with van der Waals surface area (Å²) < 4.78 is 7.09. The van der Waals surface area contributed by atoms with Crippen LogP contribution in [0.3, 0.4) is 0 Å². The fourth-order valence-electron chi connectivity index (χ4n) is 3.63. The van der Waals surface area contributed by atoms with Crippen LogP contribution < -0.4 is 21.3 Å². The van der Waals surface area contributed by atoms with Gasteiger partial charge in [-0.25, -0.2) is 0 Å². The second-order valence-electron chi connectivity index (χ2n) is 7.27. The Hall–Kier alpha value is -4.03. The first-order valence-electron chi connectivity index (χ1n) is 9.88. The molecule has 4 aromatic rings. The fourth-order valence-corrected chi connectivity index (χ4v) is 3.63. The van der Waals surface area contributed by atoms with Gasteiger partial charge in [0, 0.05) is 13.0 Å². The molecule has 2 aromatic carbocycles. The van der Waals surface area contributed by atoms with Crippen LogP contribution in [0.15, 0.2) is 42.5 Å². The monoisotopic (exact) mass is 431 g/mol. The highest BCUT2D eigenvalue weighted by Crippen LogP contribution is 2.30. The standard InChI is InChI=1S/C20H18BN7O4/c22-17(29)13-5-2-6-15-16(13)26-27-28(15)20-24-18(14-7-8-32-19(14)25-20)23-10-11-3-1-4-12(9-11)21(30)31/h1-6,9,30-31H,7-8,10H2,(H2,22,29)(H,23,24,25). The minimum Gasteiger partial charge on any atom is -0.477 e. The van der Waals surface area contributed by atoms with Crippen molar-refractivity contribution in [3.8, 4) is 11.8 Å². The number of hydrogen-bond donors (Lipinski definition) is 4. The molecule has 5 N–H and O–H groups in total. The summed E-state index contributed by atoms with van der Waals surface area (Å²) in [6.07, 6.45) is 0.650. The normalized spacial score (nSPS) is 12.4. The third-order valence-corrected chi connectivity index (χ3v) is 5.19. The van der Waals surface area contributed by atoms with Gasteiger partial charge in [-0.15, -0.1) is 5.10 Å². The summed E-state index contributed by atoms with van der Waals surface area (Å²) in [7, 11) is -1.54. The predicted molar refractivity (Wildman–Crippen MR) is 116 cm³/mol. The first-order valence-corrected chi connectivity index (χ1v) is 9.88. The van der Waals surface area contributed by atoms with Crippen LogP contribution in [-0.4, -0.2) is 54.6 Å². The zero-order valence-electron chi connectivity index (χ0n) is 16.8. The molecule has 2 aromatic heterocycles. The molecule has 0 atom stereocenters. The molecule has 5 rings (SSSR count). The van der Waals surface area contributed by atoms with Crippen molar-refractivity contribution in [2.45, 2.75) is 13.0 Å². The van der Waals surface area contributed by atoms with Crippen molar-refractivity contribution in [1.29, 1.82) is 0 Å². The molecule has 32 heavy (non-hydrogen) atoms. The molecule has 1 aliphatic rings. The number of aromatic nitrogens is 5. The SMILES string of the molecule is NC(=O)c1cccc2c1nnn2-c1nc(NCc2cccc(B(O)O)c2)c2c(n1)OCC2. The van der Waals surface area contributed by atoms with Crippen LogP contribution in [0.5, 0.6) is 5.88 Å². The predicted octanol–water partition coefficient (Wildman–Crippen LogP) is -0.464. The third kappa shape index (κ3) is 3.51. The minimum absolute atomic E-state index is 0.233. The van der Waals surface area contributed by atoms with Crippen LogP contribution in [0.2, 0.25) is 0 Å². The maximum absolute atomic E-state index is 11.7. The lowest BCUT2D eigenvalue weighted by atomic mass is 9.80. The highest BCUT2D eigenvalue weighted by Gasteiger charge is 2.23. The average molecular weight is 431 g/mol. The van der Waals surface area contributed by atoms with Crippen molar-refractivity contribution >= 4 is 35.3 Å². The molecule has 0 bridgehead atoms. The number of ether oxygens (including phenoxy) is 1. The molecule has 0 spiro atoms. The summed E-state index contributed by atoms with van der Waals surface area (Å²) >= 11 is 0. The molecule has 12 heteroatoms. The van der Waals surface area contributed by atoms with Crippen LogP contribution in [0.1, 0.15) is 21.5 Å². The van der Waals surface area contributed by atoms with E-state index in [1.54, 1.807) is 36.4 Å². The van der Waals surface area contributed by atoms with Gasteiger partial charge >= 0.3 is 7.12 Å². The van der Waals surface area contributed by atoms with E-state index in [9.17, 15) is 14.8 Å². The van der Waals surface area contributed by atoms with Crippen LogP contribution in [0.4, 0.5) is 5.82 Å². The van der Waals surface area contributed by atoms with Crippen LogP contribution in [0, 0.1) is 0 Å². The quantitative estimate of drug-likeness (QED) is 0.296. The van der Waals surface area contributed by atoms with E-state index in [0.29, 0.717) is 47.8 Å². The van der Waals surface area contributed by atoms with Crippen LogP contribution in [-0.2, 0) is 13.0 Å². The molecule has 160 valence electrons. The first-order chi connectivity index (χ1) is 15.5. The number of rotatable bonds is 6. The van der Waals surface area contributed by atoms with E-state index < -0.39 is 13.0 Å². The Labute approximate surface area is 182 Å². The number of carbonyl (C=O) groups is 1. The molecule has 0 fully saturated rings. The second kappa shape index (κ2) is 7.91. The van der Waals surface area contributed by atoms with Crippen molar-refractivity contribution in [1.82, 2.24) is 25.0 Å². The average Bonchev–Trinajstić information content (AvgIpc) is 3.44. The van der Waals surface area contributed by atoms with Crippen molar-refractivity contribution in [2.24, 2.45) is 5.73 Å². The Bertz CT molecular complexity index is 1340. The first kappa shape index (κ1) is 19.9. The molecule has 1 aliphatic heterocycles. The summed E-state index contributed by atoms with van der Waals surface area (Å²) in [5.41, 5.74) is 8.69. The highest BCUT2D eigenvalue weighted by molar-refractivity contribution is 6.58. The lowest BCUT2D eigenvalue weighted by molar-refractivity contribution is 0.100. The number of anilines is 1. The Kier molecular flexibility index (Phi) is 4.92. The topological polar surface area (TPSA) is 161 Å². The van der Waals surface area contributed by atoms with Gasteiger partial charge < -0.3 is 25.8 Å². The lowest BCUT2D eigenvalue weighted by Crippen LogP contribution is -2.30. The van der Waals surface area contributed by atoms with E-state index in [0.717, 1.165) is 11.1 Å². The van der Waals surface area contributed by atoms with Gasteiger partial charge in [-0.1, -0.05) is 35.5 Å². The summed E-state index contributed by atoms with van der Waals surface area (Å²) in [6.45, 7) is 0.881. The van der Waals surface area contributed by atoms with Crippen molar-refractivity contribution in [3.63, 3.8) is 0 Å². The fraction of sp³-hybridized carbons (Fsp3) is 0.150. The van der Waals surface area contributed by atoms with Gasteiger partial charge in [0.1, 0.15) is 11.3 Å². The number of nitrogens with one attached hydrogen (secondary N) is 1. The number of fused-ring (bicyclic) bond motifs is 2. The van der Waals surface area contributed by atoms with E-state index >= 15 is 0 Å². The van der Waals surface area contributed by atoms with Crippen LogP contribution >= 0.6 is 0 Å². The molecule has 0 unspecified atom stereocenters. The van der Waals surface area contributed by atoms with Gasteiger partial charge in [0.05, 0.1) is 23.3 Å².